The van der Waals surface area contributed by atoms with E-state index in [0.717, 1.165) is 18.8 Å². The van der Waals surface area contributed by atoms with Crippen LogP contribution >= 0.6 is 11.6 Å². The van der Waals surface area contributed by atoms with Crippen LogP contribution in [0.4, 0.5) is 17.6 Å². The molecular weight excluding hydrogens is 286 g/mol. The van der Waals surface area contributed by atoms with E-state index in [1.807, 2.05) is 29.0 Å². The van der Waals surface area contributed by atoms with Crippen molar-refractivity contribution in [1.82, 2.24) is 15.0 Å². The van der Waals surface area contributed by atoms with Crippen LogP contribution in [0.3, 0.4) is 0 Å². The molecular formula is C15H20ClN5. The lowest BCUT2D eigenvalue weighted by molar-refractivity contribution is 0.808. The van der Waals surface area contributed by atoms with Gasteiger partial charge < -0.3 is 9.80 Å². The highest BCUT2D eigenvalue weighted by Crippen LogP contribution is 2.23. The molecule has 0 aliphatic heterocycles. The van der Waals surface area contributed by atoms with Crippen LogP contribution in [-0.2, 0) is 0 Å². The van der Waals surface area contributed by atoms with Crippen molar-refractivity contribution < 1.29 is 0 Å². The second kappa shape index (κ2) is 6.72. The van der Waals surface area contributed by atoms with E-state index < -0.39 is 0 Å². The Labute approximate surface area is 130 Å². The number of halogens is 1. The zero-order valence-corrected chi connectivity index (χ0v) is 13.6. The molecule has 1 aromatic heterocycles. The van der Waals surface area contributed by atoms with Crippen LogP contribution in [-0.4, -0.2) is 35.1 Å². The molecule has 21 heavy (non-hydrogen) atoms. The van der Waals surface area contributed by atoms with Gasteiger partial charge in [-0.25, -0.2) is 0 Å². The summed E-state index contributed by atoms with van der Waals surface area (Å²) in [7, 11) is 1.92. The van der Waals surface area contributed by atoms with Gasteiger partial charge in [-0.1, -0.05) is 17.7 Å². The van der Waals surface area contributed by atoms with Gasteiger partial charge >= 0.3 is 0 Å². The van der Waals surface area contributed by atoms with Crippen molar-refractivity contribution in [3.63, 3.8) is 0 Å². The summed E-state index contributed by atoms with van der Waals surface area (Å²) < 4.78 is 0. The number of aryl methyl sites for hydroxylation is 1. The maximum atomic E-state index is 6.05. The molecule has 2 aromatic rings. The molecule has 0 atom stereocenters. The van der Waals surface area contributed by atoms with Gasteiger partial charge in [0.1, 0.15) is 0 Å². The van der Waals surface area contributed by atoms with E-state index in [0.29, 0.717) is 11.9 Å². The van der Waals surface area contributed by atoms with E-state index in [-0.39, 0.29) is 5.28 Å². The quantitative estimate of drug-likeness (QED) is 0.846. The summed E-state index contributed by atoms with van der Waals surface area (Å²) in [5.41, 5.74) is 2.22. The average Bonchev–Trinajstić information content (AvgIpc) is 2.48. The summed E-state index contributed by atoms with van der Waals surface area (Å²) in [6.07, 6.45) is 0. The molecule has 0 aliphatic rings. The third-order valence-corrected chi connectivity index (χ3v) is 3.52. The van der Waals surface area contributed by atoms with E-state index in [9.17, 15) is 0 Å². The summed E-state index contributed by atoms with van der Waals surface area (Å²) in [5, 5.41) is 0.209. The van der Waals surface area contributed by atoms with Gasteiger partial charge in [0.05, 0.1) is 0 Å². The van der Waals surface area contributed by atoms with E-state index in [2.05, 4.69) is 47.9 Å². The van der Waals surface area contributed by atoms with E-state index in [1.165, 1.54) is 5.56 Å². The largest absolute Gasteiger partial charge is 0.341 e. The molecule has 0 spiro atoms. The number of hydrogen-bond donors (Lipinski definition) is 0. The molecule has 0 unspecified atom stereocenters. The van der Waals surface area contributed by atoms with Crippen LogP contribution in [0.2, 0.25) is 5.28 Å². The fourth-order valence-electron chi connectivity index (χ4n) is 2.01. The van der Waals surface area contributed by atoms with Gasteiger partial charge in [-0.2, -0.15) is 15.0 Å². The van der Waals surface area contributed by atoms with Gasteiger partial charge in [0.15, 0.2) is 0 Å². The monoisotopic (exact) mass is 305 g/mol. The van der Waals surface area contributed by atoms with Crippen LogP contribution in [0.15, 0.2) is 24.3 Å². The first kappa shape index (κ1) is 15.5. The number of benzene rings is 1. The number of hydrogen-bond acceptors (Lipinski definition) is 5. The predicted octanol–water partition coefficient (Wildman–Crippen LogP) is 3.45. The fraction of sp³-hybridized carbons (Fsp3) is 0.400. The smallest absolute Gasteiger partial charge is 0.235 e. The first-order valence-electron chi connectivity index (χ1n) is 7.02. The molecule has 0 saturated carbocycles. The minimum absolute atomic E-state index is 0.209. The van der Waals surface area contributed by atoms with E-state index >= 15 is 0 Å². The van der Waals surface area contributed by atoms with Gasteiger partial charge in [0, 0.05) is 25.8 Å². The first-order valence-corrected chi connectivity index (χ1v) is 7.39. The minimum Gasteiger partial charge on any atom is -0.341 e. The Morgan fingerprint density at radius 2 is 1.52 bits per heavy atom. The molecule has 5 nitrogen and oxygen atoms in total. The predicted molar refractivity (Wildman–Crippen MR) is 87.6 cm³/mol. The van der Waals surface area contributed by atoms with Crippen molar-refractivity contribution in [1.29, 1.82) is 0 Å². The summed E-state index contributed by atoms with van der Waals surface area (Å²) in [6, 6.07) is 8.17. The maximum Gasteiger partial charge on any atom is 0.235 e. The Hall–Kier alpha value is -1.88. The second-order valence-corrected chi connectivity index (χ2v) is 5.11. The zero-order chi connectivity index (χ0) is 15.4. The SMILES string of the molecule is CCN(CC)c1nc(Cl)nc(N(C)c2ccc(C)cc2)n1. The molecule has 0 bridgehead atoms. The lowest BCUT2D eigenvalue weighted by atomic mass is 10.2. The fourth-order valence-corrected chi connectivity index (χ4v) is 2.16. The van der Waals surface area contributed by atoms with Gasteiger partial charge in [-0.3, -0.25) is 0 Å². The van der Waals surface area contributed by atoms with Crippen molar-refractivity contribution >= 4 is 29.2 Å². The number of anilines is 3. The number of aromatic nitrogens is 3. The molecule has 1 aromatic carbocycles. The van der Waals surface area contributed by atoms with Crippen molar-refractivity contribution in [2.45, 2.75) is 20.8 Å². The van der Waals surface area contributed by atoms with Crippen molar-refractivity contribution in [2.24, 2.45) is 0 Å². The minimum atomic E-state index is 0.209. The topological polar surface area (TPSA) is 45.2 Å². The highest BCUT2D eigenvalue weighted by molar-refractivity contribution is 6.28. The molecule has 2 rings (SSSR count). The van der Waals surface area contributed by atoms with Gasteiger partial charge in [-0.05, 0) is 44.5 Å². The van der Waals surface area contributed by atoms with Crippen molar-refractivity contribution in [3.8, 4) is 0 Å². The van der Waals surface area contributed by atoms with Crippen molar-refractivity contribution in [2.75, 3.05) is 29.9 Å². The highest BCUT2D eigenvalue weighted by Gasteiger charge is 2.14. The number of nitrogens with zero attached hydrogens (tertiary/aromatic N) is 5. The van der Waals surface area contributed by atoms with Crippen LogP contribution < -0.4 is 9.80 Å². The third-order valence-electron chi connectivity index (χ3n) is 3.35. The van der Waals surface area contributed by atoms with E-state index in [4.69, 9.17) is 11.6 Å². The summed E-state index contributed by atoms with van der Waals surface area (Å²) in [5.74, 6) is 1.15. The zero-order valence-electron chi connectivity index (χ0n) is 12.8. The molecule has 0 aliphatic carbocycles. The molecule has 0 radical (unpaired) electrons. The Morgan fingerprint density at radius 3 is 2.10 bits per heavy atom. The molecule has 0 N–H and O–H groups in total. The Bertz CT molecular complexity index is 596. The molecule has 6 heteroatoms. The first-order chi connectivity index (χ1) is 10.0. The van der Waals surface area contributed by atoms with Gasteiger partial charge in [0.2, 0.25) is 17.2 Å². The Morgan fingerprint density at radius 1 is 0.952 bits per heavy atom. The third kappa shape index (κ3) is 3.61. The highest BCUT2D eigenvalue weighted by atomic mass is 35.5. The van der Waals surface area contributed by atoms with Crippen molar-refractivity contribution in [3.05, 3.63) is 35.1 Å². The van der Waals surface area contributed by atoms with Gasteiger partial charge in [0.25, 0.3) is 0 Å². The molecule has 0 amide bonds. The maximum absolute atomic E-state index is 6.05. The normalized spacial score (nSPS) is 10.5. The lowest BCUT2D eigenvalue weighted by Gasteiger charge is -2.22. The molecule has 0 fully saturated rings. The summed E-state index contributed by atoms with van der Waals surface area (Å²) in [6.45, 7) is 7.83. The molecule has 0 saturated heterocycles. The van der Waals surface area contributed by atoms with E-state index in [1.54, 1.807) is 0 Å². The lowest BCUT2D eigenvalue weighted by Crippen LogP contribution is -2.25. The Kier molecular flexibility index (Phi) is 4.96. The summed E-state index contributed by atoms with van der Waals surface area (Å²) in [4.78, 5) is 16.9. The summed E-state index contributed by atoms with van der Waals surface area (Å²) >= 11 is 6.05. The van der Waals surface area contributed by atoms with Gasteiger partial charge in [-0.15, -0.1) is 0 Å². The Balaban J connectivity index is 2.36. The molecule has 112 valence electrons. The van der Waals surface area contributed by atoms with Crippen LogP contribution in [0.5, 0.6) is 0 Å². The second-order valence-electron chi connectivity index (χ2n) is 4.77. The van der Waals surface area contributed by atoms with Crippen LogP contribution in [0, 0.1) is 6.92 Å². The molecule has 1 heterocycles. The average molecular weight is 306 g/mol. The van der Waals surface area contributed by atoms with Crippen LogP contribution in [0.1, 0.15) is 19.4 Å². The van der Waals surface area contributed by atoms with Crippen LogP contribution in [0.25, 0.3) is 0 Å². The standard InChI is InChI=1S/C15H20ClN5/c1-5-21(6-2)15-18-13(16)17-14(19-15)20(4)12-9-7-11(3)8-10-12/h7-10H,5-6H2,1-4H3. The number of rotatable bonds is 5.